The van der Waals surface area contributed by atoms with Crippen LogP contribution in [0, 0.1) is 0 Å². The first-order valence-electron chi connectivity index (χ1n) is 5.04. The molecule has 0 aliphatic rings. The van der Waals surface area contributed by atoms with Gasteiger partial charge in [-0.15, -0.1) is 11.8 Å². The van der Waals surface area contributed by atoms with E-state index in [-0.39, 0.29) is 6.10 Å². The van der Waals surface area contributed by atoms with Crippen molar-refractivity contribution >= 4 is 11.8 Å². The maximum atomic E-state index is 5.58. The molecule has 0 bridgehead atoms. The number of nitrogens with zero attached hydrogens (tertiary/aromatic N) is 1. The van der Waals surface area contributed by atoms with Crippen LogP contribution in [0.5, 0.6) is 0 Å². The van der Waals surface area contributed by atoms with E-state index in [4.69, 9.17) is 10.6 Å². The van der Waals surface area contributed by atoms with E-state index in [0.29, 0.717) is 0 Å². The predicted molar refractivity (Wildman–Crippen MR) is 68.6 cm³/mol. The highest BCUT2D eigenvalue weighted by Gasteiger charge is 2.09. The topological polar surface area (TPSA) is 38.5 Å². The van der Waals surface area contributed by atoms with Crippen LogP contribution in [0.3, 0.4) is 0 Å². The number of thioether (sulfide) groups is 1. The summed E-state index contributed by atoms with van der Waals surface area (Å²) in [4.78, 5) is 1.26. The molecule has 4 heteroatoms. The smallest absolute Gasteiger partial charge is 0.0805 e. The lowest BCUT2D eigenvalue weighted by atomic mass is 10.4. The number of methoxy groups -OCH3 is 1. The minimum atomic E-state index is 0.171. The van der Waals surface area contributed by atoms with Gasteiger partial charge in [0.1, 0.15) is 0 Å². The molecule has 0 aliphatic carbocycles. The summed E-state index contributed by atoms with van der Waals surface area (Å²) in [5.41, 5.74) is 0. The average Bonchev–Trinajstić information content (AvgIpc) is 2.21. The summed E-state index contributed by atoms with van der Waals surface area (Å²) >= 11 is 1.79. The van der Waals surface area contributed by atoms with E-state index >= 15 is 0 Å². The van der Waals surface area contributed by atoms with Crippen molar-refractivity contribution in [2.75, 3.05) is 26.5 Å². The second kappa shape index (κ2) is 8.97. The Morgan fingerprint density at radius 3 is 2.60 bits per heavy atom. The number of nitrogens with two attached hydrogens (primary N) is 1. The maximum absolute atomic E-state index is 5.58. The van der Waals surface area contributed by atoms with Gasteiger partial charge in [0.2, 0.25) is 0 Å². The second-order valence-electron chi connectivity index (χ2n) is 3.30. The number of hydrazine groups is 1. The van der Waals surface area contributed by atoms with Crippen molar-refractivity contribution in [1.82, 2.24) is 5.01 Å². The van der Waals surface area contributed by atoms with Gasteiger partial charge in [0.05, 0.1) is 6.10 Å². The fraction of sp³-hybridized carbons (Fsp3) is 0.636. The van der Waals surface area contributed by atoms with Crippen LogP contribution in [0.4, 0.5) is 0 Å². The monoisotopic (exact) mass is 230 g/mol. The highest BCUT2D eigenvalue weighted by molar-refractivity contribution is 8.03. The van der Waals surface area contributed by atoms with Gasteiger partial charge >= 0.3 is 0 Å². The first-order chi connectivity index (χ1) is 7.13. The number of hydrogen-bond acceptors (Lipinski definition) is 4. The molecule has 15 heavy (non-hydrogen) atoms. The molecule has 0 saturated heterocycles. The summed E-state index contributed by atoms with van der Waals surface area (Å²) in [5, 5.41) is 1.65. The van der Waals surface area contributed by atoms with Crippen LogP contribution >= 0.6 is 11.8 Å². The number of ether oxygens (including phenoxy) is 1. The Morgan fingerprint density at radius 2 is 2.20 bits per heavy atom. The lowest BCUT2D eigenvalue weighted by Gasteiger charge is -2.19. The van der Waals surface area contributed by atoms with E-state index in [1.807, 2.05) is 27.0 Å². The van der Waals surface area contributed by atoms with E-state index in [2.05, 4.69) is 12.2 Å². The van der Waals surface area contributed by atoms with E-state index < -0.39 is 0 Å². The van der Waals surface area contributed by atoms with Crippen molar-refractivity contribution in [3.05, 3.63) is 23.1 Å². The summed E-state index contributed by atoms with van der Waals surface area (Å²) in [6, 6.07) is 0. The number of rotatable bonds is 7. The molecule has 0 aromatic heterocycles. The molecule has 88 valence electrons. The maximum Gasteiger partial charge on any atom is 0.0805 e. The molecule has 1 atom stereocenters. The molecule has 0 amide bonds. The molecular weight excluding hydrogens is 208 g/mol. The van der Waals surface area contributed by atoms with Gasteiger partial charge in [0.25, 0.3) is 0 Å². The molecule has 3 nitrogen and oxygen atoms in total. The molecule has 0 fully saturated rings. The fourth-order valence-electron chi connectivity index (χ4n) is 1.10. The van der Waals surface area contributed by atoms with Crippen LogP contribution in [-0.2, 0) is 4.74 Å². The summed E-state index contributed by atoms with van der Waals surface area (Å²) < 4.78 is 5.34. The summed E-state index contributed by atoms with van der Waals surface area (Å²) in [6.07, 6.45) is 6.41. The van der Waals surface area contributed by atoms with Gasteiger partial charge in [0.15, 0.2) is 0 Å². The molecule has 1 unspecified atom stereocenters. The van der Waals surface area contributed by atoms with Crippen molar-refractivity contribution in [3.8, 4) is 0 Å². The number of likely N-dealkylation sites (N-methyl/N-ethyl adjacent to an activating group) is 1. The second-order valence-corrected chi connectivity index (χ2v) is 4.39. The van der Waals surface area contributed by atoms with Crippen LogP contribution in [0.25, 0.3) is 0 Å². The predicted octanol–water partition coefficient (Wildman–Crippen LogP) is 2.02. The van der Waals surface area contributed by atoms with Gasteiger partial charge in [-0.1, -0.05) is 18.2 Å². The zero-order valence-corrected chi connectivity index (χ0v) is 10.9. The van der Waals surface area contributed by atoms with Crippen LogP contribution in [0.15, 0.2) is 23.1 Å². The Kier molecular flexibility index (Phi) is 8.80. The Morgan fingerprint density at radius 1 is 1.53 bits per heavy atom. The van der Waals surface area contributed by atoms with Gasteiger partial charge in [0, 0.05) is 31.4 Å². The van der Waals surface area contributed by atoms with Crippen molar-refractivity contribution in [2.24, 2.45) is 5.84 Å². The lowest BCUT2D eigenvalue weighted by molar-refractivity contribution is 0.0895. The molecule has 0 saturated carbocycles. The zero-order valence-electron chi connectivity index (χ0n) is 10.1. The first kappa shape index (κ1) is 14.7. The van der Waals surface area contributed by atoms with Crippen molar-refractivity contribution in [3.63, 3.8) is 0 Å². The normalized spacial score (nSPS) is 15.2. The Bertz CT molecular complexity index is 215. The zero-order chi connectivity index (χ0) is 11.7. The molecule has 0 rings (SSSR count). The van der Waals surface area contributed by atoms with Gasteiger partial charge in [-0.2, -0.15) is 0 Å². The third-order valence-corrected chi connectivity index (χ3v) is 3.12. The van der Waals surface area contributed by atoms with Crippen molar-refractivity contribution in [2.45, 2.75) is 20.0 Å². The van der Waals surface area contributed by atoms with E-state index in [9.17, 15) is 0 Å². The number of hydrogen-bond donors (Lipinski definition) is 1. The molecule has 0 aromatic carbocycles. The largest absolute Gasteiger partial charge is 0.379 e. The first-order valence-corrected chi connectivity index (χ1v) is 6.03. The molecular formula is C11H22N2OS. The van der Waals surface area contributed by atoms with Crippen LogP contribution in [0.1, 0.15) is 13.8 Å². The van der Waals surface area contributed by atoms with Gasteiger partial charge in [-0.25, -0.2) is 5.01 Å². The van der Waals surface area contributed by atoms with E-state index in [1.165, 1.54) is 4.91 Å². The number of allylic oxidation sites excluding steroid dienone is 3. The molecule has 0 spiro atoms. The third-order valence-electron chi connectivity index (χ3n) is 1.88. The third kappa shape index (κ3) is 7.62. The van der Waals surface area contributed by atoms with E-state index in [0.717, 1.165) is 12.3 Å². The fourth-order valence-corrected chi connectivity index (χ4v) is 2.12. The highest BCUT2D eigenvalue weighted by atomic mass is 32.2. The van der Waals surface area contributed by atoms with Crippen molar-refractivity contribution < 1.29 is 4.74 Å². The van der Waals surface area contributed by atoms with Crippen LogP contribution in [-0.4, -0.2) is 37.6 Å². The molecule has 0 aromatic rings. The van der Waals surface area contributed by atoms with Crippen molar-refractivity contribution in [1.29, 1.82) is 0 Å². The van der Waals surface area contributed by atoms with Gasteiger partial charge in [-0.3, -0.25) is 5.84 Å². The molecule has 2 N–H and O–H groups in total. The lowest BCUT2D eigenvalue weighted by Crippen LogP contribution is -2.36. The highest BCUT2D eigenvalue weighted by Crippen LogP contribution is 2.18. The molecule has 0 radical (unpaired) electrons. The summed E-state index contributed by atoms with van der Waals surface area (Å²) in [7, 11) is 3.57. The Balaban J connectivity index is 3.98. The van der Waals surface area contributed by atoms with Crippen LogP contribution < -0.4 is 5.84 Å². The SMILES string of the molecule is C/C=C\C(=C/C)SCC(CN(C)N)OC. The Labute approximate surface area is 97.3 Å². The minimum absolute atomic E-state index is 0.171. The quantitative estimate of drug-likeness (QED) is 0.412. The average molecular weight is 230 g/mol. The Hall–Kier alpha value is -0.290. The summed E-state index contributed by atoms with van der Waals surface area (Å²) in [6.45, 7) is 4.81. The van der Waals surface area contributed by atoms with Gasteiger partial charge in [-0.05, 0) is 13.8 Å². The standard InChI is InChI=1S/C11H22N2OS/c1-5-7-11(6-2)15-9-10(14-4)8-13(3)12/h5-7,10H,8-9,12H2,1-4H3/b7-5-,11-6+. The van der Waals surface area contributed by atoms with E-state index in [1.54, 1.807) is 23.9 Å². The van der Waals surface area contributed by atoms with Gasteiger partial charge < -0.3 is 4.74 Å². The summed E-state index contributed by atoms with van der Waals surface area (Å²) in [5.74, 6) is 6.50. The molecule has 0 heterocycles. The van der Waals surface area contributed by atoms with Crippen LogP contribution in [0.2, 0.25) is 0 Å². The molecule has 0 aliphatic heterocycles. The minimum Gasteiger partial charge on any atom is -0.379 e.